The molecule has 0 saturated carbocycles. The van der Waals surface area contributed by atoms with E-state index < -0.39 is 11.9 Å². The number of carbonyl (C=O) groups excluding carboxylic acids is 1. The Balaban J connectivity index is 4.13. The Morgan fingerprint density at radius 1 is 1.40 bits per heavy atom. The first-order valence-electron chi connectivity index (χ1n) is 5.08. The first kappa shape index (κ1) is 13.9. The maximum atomic E-state index is 10.6. The van der Waals surface area contributed by atoms with Crippen molar-refractivity contribution in [3.8, 4) is 0 Å². The monoisotopic (exact) mass is 212 g/mol. The average molecular weight is 212 g/mol. The number of hydrogen-bond acceptors (Lipinski definition) is 2. The van der Waals surface area contributed by atoms with E-state index in [1.807, 2.05) is 0 Å². The standard InChI is InChI=1S/C12H20O3/c1-9(7-12(2,3)4)5-10(8-13)6-11(14)15/h8,10H,1,5-7H2,2-4H3,(H,14,15). The smallest absolute Gasteiger partial charge is 0.304 e. The molecule has 0 spiro atoms. The van der Waals surface area contributed by atoms with Gasteiger partial charge in [-0.25, -0.2) is 0 Å². The minimum Gasteiger partial charge on any atom is -0.481 e. The summed E-state index contributed by atoms with van der Waals surface area (Å²) >= 11 is 0. The van der Waals surface area contributed by atoms with E-state index in [4.69, 9.17) is 5.11 Å². The summed E-state index contributed by atoms with van der Waals surface area (Å²) in [5.41, 5.74) is 1.08. The van der Waals surface area contributed by atoms with E-state index in [-0.39, 0.29) is 11.8 Å². The Morgan fingerprint density at radius 3 is 2.27 bits per heavy atom. The highest BCUT2D eigenvalue weighted by Crippen LogP contribution is 2.27. The van der Waals surface area contributed by atoms with Gasteiger partial charge < -0.3 is 9.90 Å². The molecule has 0 aromatic rings. The van der Waals surface area contributed by atoms with E-state index in [0.717, 1.165) is 12.0 Å². The molecule has 0 radical (unpaired) electrons. The minimum absolute atomic E-state index is 0.105. The van der Waals surface area contributed by atoms with E-state index in [0.29, 0.717) is 12.7 Å². The van der Waals surface area contributed by atoms with Crippen LogP contribution < -0.4 is 0 Å². The number of aliphatic carboxylic acids is 1. The number of allylic oxidation sites excluding steroid dienone is 1. The fourth-order valence-electron chi connectivity index (χ4n) is 1.59. The Kier molecular flexibility index (Phi) is 5.26. The summed E-state index contributed by atoms with van der Waals surface area (Å²) in [6.45, 7) is 10.1. The van der Waals surface area contributed by atoms with Crippen LogP contribution in [0.4, 0.5) is 0 Å². The second-order valence-corrected chi connectivity index (χ2v) is 5.19. The third-order valence-electron chi connectivity index (χ3n) is 1.96. The van der Waals surface area contributed by atoms with Gasteiger partial charge in [-0.2, -0.15) is 0 Å². The fourth-order valence-corrected chi connectivity index (χ4v) is 1.59. The van der Waals surface area contributed by atoms with Crippen LogP contribution in [0.3, 0.4) is 0 Å². The van der Waals surface area contributed by atoms with Crippen LogP contribution in [-0.4, -0.2) is 17.4 Å². The van der Waals surface area contributed by atoms with Gasteiger partial charge in [0.25, 0.3) is 0 Å². The maximum Gasteiger partial charge on any atom is 0.304 e. The lowest BCUT2D eigenvalue weighted by Crippen LogP contribution is -2.12. The molecule has 1 unspecified atom stereocenters. The summed E-state index contributed by atoms with van der Waals surface area (Å²) in [6.07, 6.45) is 1.90. The van der Waals surface area contributed by atoms with Gasteiger partial charge >= 0.3 is 5.97 Å². The van der Waals surface area contributed by atoms with Gasteiger partial charge in [0.1, 0.15) is 6.29 Å². The third kappa shape index (κ3) is 7.91. The van der Waals surface area contributed by atoms with Crippen LogP contribution in [-0.2, 0) is 9.59 Å². The lowest BCUT2D eigenvalue weighted by atomic mass is 9.85. The molecule has 1 atom stereocenters. The number of hydrogen-bond donors (Lipinski definition) is 1. The van der Waals surface area contributed by atoms with Crippen molar-refractivity contribution in [3.05, 3.63) is 12.2 Å². The first-order valence-corrected chi connectivity index (χ1v) is 5.08. The highest BCUT2D eigenvalue weighted by molar-refractivity contribution is 5.71. The molecule has 0 aliphatic heterocycles. The highest BCUT2D eigenvalue weighted by Gasteiger charge is 2.17. The van der Waals surface area contributed by atoms with Gasteiger partial charge in [0.2, 0.25) is 0 Å². The summed E-state index contributed by atoms with van der Waals surface area (Å²) in [4.78, 5) is 21.1. The molecule has 0 heterocycles. The van der Waals surface area contributed by atoms with Gasteiger partial charge in [-0.05, 0) is 18.3 Å². The van der Waals surface area contributed by atoms with Crippen molar-refractivity contribution in [2.45, 2.75) is 40.0 Å². The number of rotatable bonds is 6. The van der Waals surface area contributed by atoms with Gasteiger partial charge in [-0.3, -0.25) is 4.79 Å². The van der Waals surface area contributed by atoms with Gasteiger partial charge in [0, 0.05) is 5.92 Å². The molecular weight excluding hydrogens is 192 g/mol. The zero-order valence-electron chi connectivity index (χ0n) is 9.75. The zero-order valence-corrected chi connectivity index (χ0v) is 9.75. The fraction of sp³-hybridized carbons (Fsp3) is 0.667. The van der Waals surface area contributed by atoms with Crippen molar-refractivity contribution in [2.75, 3.05) is 0 Å². The van der Waals surface area contributed by atoms with Crippen LogP contribution in [0.25, 0.3) is 0 Å². The van der Waals surface area contributed by atoms with Crippen molar-refractivity contribution >= 4 is 12.3 Å². The van der Waals surface area contributed by atoms with Crippen LogP contribution >= 0.6 is 0 Å². The molecule has 3 nitrogen and oxygen atoms in total. The number of aldehydes is 1. The number of carbonyl (C=O) groups is 2. The summed E-state index contributed by atoms with van der Waals surface area (Å²) in [6, 6.07) is 0. The molecule has 0 amide bonds. The second-order valence-electron chi connectivity index (χ2n) is 5.19. The topological polar surface area (TPSA) is 54.4 Å². The molecular formula is C12H20O3. The highest BCUT2D eigenvalue weighted by atomic mass is 16.4. The molecule has 0 bridgehead atoms. The summed E-state index contributed by atoms with van der Waals surface area (Å²) in [5.74, 6) is -1.37. The Hall–Kier alpha value is -1.12. The molecule has 3 heteroatoms. The normalized spacial score (nSPS) is 13.3. The first-order chi connectivity index (χ1) is 6.74. The summed E-state index contributed by atoms with van der Waals surface area (Å²) in [7, 11) is 0. The largest absolute Gasteiger partial charge is 0.481 e. The molecule has 0 fully saturated rings. The van der Waals surface area contributed by atoms with Crippen molar-refractivity contribution in [2.24, 2.45) is 11.3 Å². The van der Waals surface area contributed by atoms with Crippen LogP contribution in [0.2, 0.25) is 0 Å². The third-order valence-corrected chi connectivity index (χ3v) is 1.96. The van der Waals surface area contributed by atoms with Crippen molar-refractivity contribution in [1.29, 1.82) is 0 Å². The second kappa shape index (κ2) is 5.69. The molecule has 86 valence electrons. The molecule has 0 aromatic heterocycles. The van der Waals surface area contributed by atoms with Gasteiger partial charge in [-0.1, -0.05) is 32.9 Å². The van der Waals surface area contributed by atoms with Gasteiger partial charge in [-0.15, -0.1) is 0 Å². The van der Waals surface area contributed by atoms with Gasteiger partial charge in [0.15, 0.2) is 0 Å². The summed E-state index contributed by atoms with van der Waals surface area (Å²) in [5, 5.41) is 8.57. The molecule has 0 aromatic carbocycles. The Morgan fingerprint density at radius 2 is 1.93 bits per heavy atom. The quantitative estimate of drug-likeness (QED) is 0.544. The Bertz CT molecular complexity index is 248. The van der Waals surface area contributed by atoms with Crippen molar-refractivity contribution in [1.82, 2.24) is 0 Å². The van der Waals surface area contributed by atoms with Crippen molar-refractivity contribution < 1.29 is 14.7 Å². The number of carboxylic acids is 1. The maximum absolute atomic E-state index is 10.6. The molecule has 15 heavy (non-hydrogen) atoms. The van der Waals surface area contributed by atoms with E-state index >= 15 is 0 Å². The molecule has 0 aliphatic rings. The van der Waals surface area contributed by atoms with E-state index in [1.165, 1.54) is 0 Å². The molecule has 0 rings (SSSR count). The molecule has 0 aliphatic carbocycles. The zero-order chi connectivity index (χ0) is 12.1. The minimum atomic E-state index is -0.935. The average Bonchev–Trinajstić information content (AvgIpc) is 1.98. The summed E-state index contributed by atoms with van der Waals surface area (Å²) < 4.78 is 0. The van der Waals surface area contributed by atoms with Crippen LogP contribution in [0, 0.1) is 11.3 Å². The Labute approximate surface area is 91.2 Å². The predicted octanol–water partition coefficient (Wildman–Crippen LogP) is 2.66. The van der Waals surface area contributed by atoms with E-state index in [2.05, 4.69) is 27.4 Å². The van der Waals surface area contributed by atoms with Crippen molar-refractivity contribution in [3.63, 3.8) is 0 Å². The molecule has 1 N–H and O–H groups in total. The van der Waals surface area contributed by atoms with Gasteiger partial charge in [0.05, 0.1) is 6.42 Å². The molecule has 0 saturated heterocycles. The van der Waals surface area contributed by atoms with Crippen LogP contribution in [0.5, 0.6) is 0 Å². The predicted molar refractivity (Wildman–Crippen MR) is 59.6 cm³/mol. The van der Waals surface area contributed by atoms with Crippen LogP contribution in [0.1, 0.15) is 40.0 Å². The number of carboxylic acid groups (broad SMARTS) is 1. The van der Waals surface area contributed by atoms with E-state index in [1.54, 1.807) is 0 Å². The SMILES string of the molecule is C=C(CC(C=O)CC(=O)O)CC(C)(C)C. The lowest BCUT2D eigenvalue weighted by Gasteiger charge is -2.20. The van der Waals surface area contributed by atoms with Crippen LogP contribution in [0.15, 0.2) is 12.2 Å². The lowest BCUT2D eigenvalue weighted by molar-refractivity contribution is -0.139. The van der Waals surface area contributed by atoms with E-state index in [9.17, 15) is 9.59 Å².